The Bertz CT molecular complexity index is 1120. The number of hydrogen-bond acceptors (Lipinski definition) is 7. The lowest BCUT2D eigenvalue weighted by atomic mass is 10.3. The second-order valence-electron chi connectivity index (χ2n) is 6.32. The van der Waals surface area contributed by atoms with Crippen LogP contribution in [0.4, 0.5) is 9.18 Å². The molecule has 0 atom stereocenters. The third-order valence-electron chi connectivity index (χ3n) is 3.92. The molecular formula is C19H19FN4O4S2. The highest BCUT2D eigenvalue weighted by Crippen LogP contribution is 2.26. The first-order valence-corrected chi connectivity index (χ1v) is 11.4. The lowest BCUT2D eigenvalue weighted by molar-refractivity contribution is 0.166. The Kier molecular flexibility index (Phi) is 6.73. The molecule has 158 valence electrons. The smallest absolute Gasteiger partial charge is 0.374 e. The highest BCUT2D eigenvalue weighted by molar-refractivity contribution is 8.00. The maximum atomic E-state index is 13.0. The predicted molar refractivity (Wildman–Crippen MR) is 110 cm³/mol. The number of para-hydroxylation sites is 1. The van der Waals surface area contributed by atoms with Crippen molar-refractivity contribution < 1.29 is 22.3 Å². The summed E-state index contributed by atoms with van der Waals surface area (Å²) in [4.78, 5) is 13.2. The maximum absolute atomic E-state index is 13.0. The highest BCUT2D eigenvalue weighted by Gasteiger charge is 2.21. The number of aromatic nitrogens is 3. The second-order valence-corrected chi connectivity index (χ2v) is 9.49. The minimum Gasteiger partial charge on any atom is -0.374 e. The number of ether oxygens (including phenoxy) is 1. The van der Waals surface area contributed by atoms with Gasteiger partial charge in [-0.3, -0.25) is 0 Å². The first kappa shape index (κ1) is 21.8. The first-order chi connectivity index (χ1) is 14.3. The molecule has 0 bridgehead atoms. The van der Waals surface area contributed by atoms with Crippen LogP contribution in [-0.4, -0.2) is 59.8 Å². The van der Waals surface area contributed by atoms with Crippen molar-refractivity contribution in [3.05, 3.63) is 60.4 Å². The maximum Gasteiger partial charge on any atom is 0.417 e. The summed E-state index contributed by atoms with van der Waals surface area (Å²) in [5.74, 6) is -0.511. The second kappa shape index (κ2) is 9.26. The van der Waals surface area contributed by atoms with Gasteiger partial charge in [0.15, 0.2) is 15.0 Å². The van der Waals surface area contributed by atoms with Crippen molar-refractivity contribution in [2.24, 2.45) is 0 Å². The van der Waals surface area contributed by atoms with Gasteiger partial charge in [-0.25, -0.2) is 22.2 Å². The number of benzene rings is 2. The van der Waals surface area contributed by atoms with E-state index in [1.807, 2.05) is 6.07 Å². The molecule has 0 aliphatic rings. The van der Waals surface area contributed by atoms with Gasteiger partial charge in [0.2, 0.25) is 0 Å². The number of amides is 1. The van der Waals surface area contributed by atoms with Gasteiger partial charge in [-0.15, -0.1) is 5.10 Å². The Morgan fingerprint density at radius 2 is 1.77 bits per heavy atom. The van der Waals surface area contributed by atoms with E-state index < -0.39 is 21.7 Å². The van der Waals surface area contributed by atoms with Gasteiger partial charge in [-0.05, 0) is 36.4 Å². The molecule has 0 radical (unpaired) electrons. The molecule has 0 aliphatic carbocycles. The fraction of sp³-hybridized carbons (Fsp3) is 0.211. The van der Waals surface area contributed by atoms with Crippen LogP contribution >= 0.6 is 11.8 Å². The summed E-state index contributed by atoms with van der Waals surface area (Å²) in [5, 5.41) is 8.35. The summed E-state index contributed by atoms with van der Waals surface area (Å²) >= 11 is 1.15. The molecule has 0 saturated carbocycles. The normalized spacial score (nSPS) is 11.3. The van der Waals surface area contributed by atoms with Gasteiger partial charge in [-0.2, -0.15) is 0 Å². The van der Waals surface area contributed by atoms with Crippen LogP contribution in [0.15, 0.2) is 64.6 Å². The topological polar surface area (TPSA) is 94.4 Å². The van der Waals surface area contributed by atoms with Crippen LogP contribution in [0.25, 0.3) is 5.69 Å². The van der Waals surface area contributed by atoms with Gasteiger partial charge in [0.25, 0.3) is 0 Å². The molecule has 8 nitrogen and oxygen atoms in total. The van der Waals surface area contributed by atoms with Crippen molar-refractivity contribution in [2.75, 3.05) is 25.6 Å². The molecule has 11 heteroatoms. The van der Waals surface area contributed by atoms with Gasteiger partial charge >= 0.3 is 12.1 Å². The minimum atomic E-state index is -3.59. The number of carbonyl (C=O) groups is 1. The van der Waals surface area contributed by atoms with E-state index in [-0.39, 0.29) is 22.4 Å². The van der Waals surface area contributed by atoms with E-state index in [4.69, 9.17) is 4.74 Å². The summed E-state index contributed by atoms with van der Waals surface area (Å²) in [6.07, 6.45) is -0.616. The standard InChI is InChI=1S/C19H19FN4O4S2/c1-23(2)19(25)28-17-21-22-18(24(17)15-6-4-3-5-7-15)29-12-13-30(26,27)16-10-8-14(20)9-11-16/h3-11H,12-13H2,1-2H3. The van der Waals surface area contributed by atoms with Crippen LogP contribution in [0.5, 0.6) is 6.01 Å². The third kappa shape index (κ3) is 5.16. The Balaban J connectivity index is 1.79. The van der Waals surface area contributed by atoms with Crippen molar-refractivity contribution in [3.8, 4) is 11.7 Å². The molecule has 1 aromatic heterocycles. The zero-order valence-corrected chi connectivity index (χ0v) is 17.9. The molecule has 0 aliphatic heterocycles. The summed E-state index contributed by atoms with van der Waals surface area (Å²) in [6.45, 7) is 0. The number of halogens is 1. The van der Waals surface area contributed by atoms with Crippen LogP contribution < -0.4 is 4.74 Å². The molecule has 0 N–H and O–H groups in total. The molecule has 30 heavy (non-hydrogen) atoms. The summed E-state index contributed by atoms with van der Waals surface area (Å²) in [7, 11) is -0.499. The first-order valence-electron chi connectivity index (χ1n) is 8.79. The monoisotopic (exact) mass is 450 g/mol. The van der Waals surface area contributed by atoms with Crippen LogP contribution in [0, 0.1) is 5.82 Å². The molecule has 0 fully saturated rings. The zero-order valence-electron chi connectivity index (χ0n) is 16.2. The number of nitrogens with zero attached hydrogens (tertiary/aromatic N) is 4. The summed E-state index contributed by atoms with van der Waals surface area (Å²) in [5.41, 5.74) is 0.660. The third-order valence-corrected chi connectivity index (χ3v) is 6.84. The van der Waals surface area contributed by atoms with Crippen molar-refractivity contribution in [1.29, 1.82) is 0 Å². The SMILES string of the molecule is CN(C)C(=O)Oc1nnc(SCCS(=O)(=O)c2ccc(F)cc2)n1-c1ccccc1. The van der Waals surface area contributed by atoms with Crippen molar-refractivity contribution in [3.63, 3.8) is 0 Å². The lowest BCUT2D eigenvalue weighted by Crippen LogP contribution is -2.26. The molecule has 0 spiro atoms. The number of rotatable bonds is 7. The van der Waals surface area contributed by atoms with Crippen LogP contribution in [0.3, 0.4) is 0 Å². The molecule has 1 heterocycles. The largest absolute Gasteiger partial charge is 0.417 e. The number of sulfone groups is 1. The molecule has 2 aromatic carbocycles. The lowest BCUT2D eigenvalue weighted by Gasteiger charge is -2.12. The number of hydrogen-bond donors (Lipinski definition) is 0. The molecule has 1 amide bonds. The molecule has 0 saturated heterocycles. The van der Waals surface area contributed by atoms with E-state index in [0.29, 0.717) is 10.8 Å². The van der Waals surface area contributed by atoms with Crippen molar-refractivity contribution >= 4 is 27.7 Å². The van der Waals surface area contributed by atoms with Crippen LogP contribution in [0.1, 0.15) is 0 Å². The fourth-order valence-corrected chi connectivity index (χ4v) is 4.98. The average molecular weight is 451 g/mol. The van der Waals surface area contributed by atoms with Crippen molar-refractivity contribution in [2.45, 2.75) is 10.1 Å². The zero-order chi connectivity index (χ0) is 21.7. The Labute approximate surface area is 177 Å². The highest BCUT2D eigenvalue weighted by atomic mass is 32.2. The summed E-state index contributed by atoms with van der Waals surface area (Å²) in [6, 6.07) is 13.7. The van der Waals surface area contributed by atoms with E-state index in [1.165, 1.54) is 21.6 Å². The van der Waals surface area contributed by atoms with Gasteiger partial charge in [0.05, 0.1) is 16.3 Å². The number of thioether (sulfide) groups is 1. The van der Waals surface area contributed by atoms with E-state index in [9.17, 15) is 17.6 Å². The Hall–Kier alpha value is -2.92. The van der Waals surface area contributed by atoms with E-state index in [1.54, 1.807) is 38.4 Å². The Morgan fingerprint density at radius 1 is 1.10 bits per heavy atom. The van der Waals surface area contributed by atoms with Gasteiger partial charge in [0, 0.05) is 19.8 Å². The van der Waals surface area contributed by atoms with Crippen molar-refractivity contribution in [1.82, 2.24) is 19.7 Å². The quantitative estimate of drug-likeness (QED) is 0.403. The fourth-order valence-electron chi connectivity index (χ4n) is 2.39. The van der Waals surface area contributed by atoms with Gasteiger partial charge < -0.3 is 9.64 Å². The van der Waals surface area contributed by atoms with E-state index in [2.05, 4.69) is 10.2 Å². The van der Waals surface area contributed by atoms with E-state index in [0.717, 1.165) is 23.9 Å². The molecular weight excluding hydrogens is 431 g/mol. The number of carbonyl (C=O) groups excluding carboxylic acids is 1. The minimum absolute atomic E-state index is 0.0243. The molecule has 0 unspecified atom stereocenters. The molecule has 3 aromatic rings. The van der Waals surface area contributed by atoms with Gasteiger partial charge in [0.1, 0.15) is 5.82 Å². The van der Waals surface area contributed by atoms with Crippen LogP contribution in [0.2, 0.25) is 0 Å². The average Bonchev–Trinajstić information content (AvgIpc) is 3.11. The van der Waals surface area contributed by atoms with Crippen LogP contribution in [-0.2, 0) is 9.84 Å². The summed E-state index contributed by atoms with van der Waals surface area (Å²) < 4.78 is 44.8. The van der Waals surface area contributed by atoms with E-state index >= 15 is 0 Å². The predicted octanol–water partition coefficient (Wildman–Crippen LogP) is 3.03. The Morgan fingerprint density at radius 3 is 2.40 bits per heavy atom. The van der Waals surface area contributed by atoms with Gasteiger partial charge in [-0.1, -0.05) is 35.1 Å². The molecule has 3 rings (SSSR count).